The van der Waals surface area contributed by atoms with E-state index in [2.05, 4.69) is 29.2 Å². The summed E-state index contributed by atoms with van der Waals surface area (Å²) >= 11 is 1.76. The number of rotatable bonds is 4. The van der Waals surface area contributed by atoms with Crippen molar-refractivity contribution in [1.29, 1.82) is 0 Å². The number of aliphatic imine (C=N–C) groups is 1. The molecule has 5 rings (SSSR count). The third-order valence-electron chi connectivity index (χ3n) is 4.81. The number of phenols is 1. The van der Waals surface area contributed by atoms with Gasteiger partial charge in [0.15, 0.2) is 0 Å². The third kappa shape index (κ3) is 3.69. The predicted octanol–water partition coefficient (Wildman–Crippen LogP) is 5.97. The molecule has 29 heavy (non-hydrogen) atoms. The van der Waals surface area contributed by atoms with Gasteiger partial charge in [-0.1, -0.05) is 54.6 Å². The summed E-state index contributed by atoms with van der Waals surface area (Å²) in [5.74, 6) is 2.22. The second-order valence-corrected chi connectivity index (χ2v) is 7.81. The van der Waals surface area contributed by atoms with Crippen LogP contribution in [0.25, 0.3) is 10.9 Å². The average Bonchev–Trinajstić information content (AvgIpc) is 3.26. The van der Waals surface area contributed by atoms with Crippen molar-refractivity contribution >= 4 is 27.7 Å². The van der Waals surface area contributed by atoms with E-state index < -0.39 is 0 Å². The van der Waals surface area contributed by atoms with Crippen LogP contribution in [0.2, 0.25) is 0 Å². The molecule has 0 radical (unpaired) electrons. The number of benzene rings is 3. The summed E-state index contributed by atoms with van der Waals surface area (Å²) in [5.41, 5.74) is 2.81. The lowest BCUT2D eigenvalue weighted by atomic mass is 10.1. The molecule has 1 aromatic heterocycles. The van der Waals surface area contributed by atoms with E-state index in [1.165, 1.54) is 5.56 Å². The van der Waals surface area contributed by atoms with Crippen LogP contribution in [0.15, 0.2) is 89.9 Å². The second kappa shape index (κ2) is 7.60. The van der Waals surface area contributed by atoms with Crippen molar-refractivity contribution in [3.8, 4) is 17.4 Å². The first-order valence-electron chi connectivity index (χ1n) is 9.39. The van der Waals surface area contributed by atoms with Crippen LogP contribution in [-0.2, 0) is 0 Å². The highest BCUT2D eigenvalue weighted by atomic mass is 32.2. The first-order chi connectivity index (χ1) is 14.3. The van der Waals surface area contributed by atoms with Crippen molar-refractivity contribution in [2.75, 3.05) is 5.75 Å². The Bertz CT molecular complexity index is 1210. The van der Waals surface area contributed by atoms with Gasteiger partial charge in [-0.15, -0.1) is 11.8 Å². The number of para-hydroxylation sites is 1. The lowest BCUT2D eigenvalue weighted by molar-refractivity contribution is 0.460. The Kier molecular flexibility index (Phi) is 4.66. The fraction of sp³-hybridized carbons (Fsp3) is 0.0833. The number of aromatic nitrogens is 1. The number of fused-ring (bicyclic) bond motifs is 1. The van der Waals surface area contributed by atoms with Crippen LogP contribution in [0.4, 0.5) is 0 Å². The Labute approximate surface area is 172 Å². The Balaban J connectivity index is 1.40. The smallest absolute Gasteiger partial charge is 0.219 e. The van der Waals surface area contributed by atoms with E-state index in [0.717, 1.165) is 21.7 Å². The lowest BCUT2D eigenvalue weighted by Gasteiger charge is -2.08. The van der Waals surface area contributed by atoms with Gasteiger partial charge in [0.1, 0.15) is 17.0 Å². The Morgan fingerprint density at radius 1 is 0.897 bits per heavy atom. The van der Waals surface area contributed by atoms with Gasteiger partial charge in [-0.05, 0) is 29.8 Å². The molecule has 0 saturated carbocycles. The van der Waals surface area contributed by atoms with E-state index in [-0.39, 0.29) is 11.8 Å². The second-order valence-electron chi connectivity index (χ2n) is 6.80. The molecule has 1 aliphatic rings. The number of phenolic OH excluding ortho intramolecular Hbond substituents is 1. The highest BCUT2D eigenvalue weighted by Crippen LogP contribution is 2.34. The summed E-state index contributed by atoms with van der Waals surface area (Å²) in [5, 5.41) is 11.9. The van der Waals surface area contributed by atoms with Crippen molar-refractivity contribution in [2.45, 2.75) is 6.04 Å². The van der Waals surface area contributed by atoms with Crippen LogP contribution in [0.3, 0.4) is 0 Å². The van der Waals surface area contributed by atoms with E-state index in [0.29, 0.717) is 17.1 Å². The number of hydrogen-bond donors (Lipinski definition) is 1. The first kappa shape index (κ1) is 17.8. The van der Waals surface area contributed by atoms with E-state index in [9.17, 15) is 5.11 Å². The predicted molar refractivity (Wildman–Crippen MR) is 118 cm³/mol. The summed E-state index contributed by atoms with van der Waals surface area (Å²) in [6.45, 7) is 0. The zero-order valence-electron chi connectivity index (χ0n) is 15.5. The molecule has 3 aromatic carbocycles. The van der Waals surface area contributed by atoms with Crippen LogP contribution < -0.4 is 4.74 Å². The molecule has 0 spiro atoms. The summed E-state index contributed by atoms with van der Waals surface area (Å²) < 4.78 is 5.97. The Hall–Kier alpha value is -3.31. The molecule has 2 heterocycles. The van der Waals surface area contributed by atoms with Crippen molar-refractivity contribution in [3.63, 3.8) is 0 Å². The standard InChI is InChI=1S/C24H18N2O2S/c27-21-11-5-8-17-12-13-22(26-23(17)21)28-19-10-4-9-18(14-19)24-25-20(15-29-24)16-6-2-1-3-7-16/h1-14,20,27H,15H2/t20-/m1/s1. The molecule has 142 valence electrons. The summed E-state index contributed by atoms with van der Waals surface area (Å²) in [6, 6.07) is 27.5. The fourth-order valence-electron chi connectivity index (χ4n) is 3.36. The van der Waals surface area contributed by atoms with Crippen LogP contribution in [0.5, 0.6) is 17.4 Å². The first-order valence-corrected chi connectivity index (χ1v) is 10.4. The molecule has 0 unspecified atom stereocenters. The average molecular weight is 398 g/mol. The zero-order valence-corrected chi connectivity index (χ0v) is 16.3. The maximum absolute atomic E-state index is 10.0. The SMILES string of the molecule is Oc1cccc2ccc(Oc3cccc(C4=N[C@@H](c5ccccc5)CS4)c3)nc12. The molecular weight excluding hydrogens is 380 g/mol. The number of thioether (sulfide) groups is 1. The highest BCUT2D eigenvalue weighted by molar-refractivity contribution is 8.14. The molecule has 0 saturated heterocycles. The van der Waals surface area contributed by atoms with Crippen molar-refractivity contribution in [2.24, 2.45) is 4.99 Å². The van der Waals surface area contributed by atoms with E-state index in [1.807, 2.05) is 48.5 Å². The third-order valence-corrected chi connectivity index (χ3v) is 5.91. The van der Waals surface area contributed by atoms with Gasteiger partial charge in [-0.3, -0.25) is 4.99 Å². The van der Waals surface area contributed by atoms with Crippen LogP contribution in [-0.4, -0.2) is 20.9 Å². The van der Waals surface area contributed by atoms with Gasteiger partial charge in [0, 0.05) is 22.8 Å². The van der Waals surface area contributed by atoms with Crippen molar-refractivity contribution in [3.05, 3.63) is 96.1 Å². The molecule has 4 aromatic rings. The van der Waals surface area contributed by atoms with Gasteiger partial charge in [0.05, 0.1) is 11.1 Å². The molecule has 0 bridgehead atoms. The van der Waals surface area contributed by atoms with Crippen molar-refractivity contribution in [1.82, 2.24) is 4.98 Å². The minimum absolute atomic E-state index is 0.144. The minimum atomic E-state index is 0.144. The largest absolute Gasteiger partial charge is 0.506 e. The van der Waals surface area contributed by atoms with Gasteiger partial charge >= 0.3 is 0 Å². The Morgan fingerprint density at radius 3 is 2.66 bits per heavy atom. The number of pyridine rings is 1. The number of nitrogens with zero attached hydrogens (tertiary/aromatic N) is 2. The molecule has 1 aliphatic heterocycles. The quantitative estimate of drug-likeness (QED) is 0.460. The van der Waals surface area contributed by atoms with E-state index >= 15 is 0 Å². The molecular formula is C24H18N2O2S. The van der Waals surface area contributed by atoms with Gasteiger partial charge in [-0.2, -0.15) is 0 Å². The molecule has 0 fully saturated rings. The van der Waals surface area contributed by atoms with Gasteiger partial charge < -0.3 is 9.84 Å². The van der Waals surface area contributed by atoms with Crippen molar-refractivity contribution < 1.29 is 9.84 Å². The Morgan fingerprint density at radius 2 is 1.76 bits per heavy atom. The van der Waals surface area contributed by atoms with Gasteiger partial charge in [0.25, 0.3) is 0 Å². The normalized spacial score (nSPS) is 16.0. The van der Waals surface area contributed by atoms with E-state index in [1.54, 1.807) is 23.9 Å². The number of aromatic hydroxyl groups is 1. The van der Waals surface area contributed by atoms with Crippen LogP contribution in [0.1, 0.15) is 17.2 Å². The van der Waals surface area contributed by atoms with Gasteiger partial charge in [-0.25, -0.2) is 4.98 Å². The molecule has 0 aliphatic carbocycles. The topological polar surface area (TPSA) is 54.7 Å². The number of ether oxygens (including phenoxy) is 1. The molecule has 5 heteroatoms. The summed E-state index contributed by atoms with van der Waals surface area (Å²) in [7, 11) is 0. The minimum Gasteiger partial charge on any atom is -0.506 e. The maximum atomic E-state index is 10.0. The van der Waals surface area contributed by atoms with Crippen LogP contribution >= 0.6 is 11.8 Å². The molecule has 0 amide bonds. The molecule has 1 N–H and O–H groups in total. The summed E-state index contributed by atoms with van der Waals surface area (Å²) in [6.07, 6.45) is 0. The monoisotopic (exact) mass is 398 g/mol. The number of hydrogen-bond acceptors (Lipinski definition) is 5. The maximum Gasteiger partial charge on any atom is 0.219 e. The van der Waals surface area contributed by atoms with E-state index in [4.69, 9.17) is 9.73 Å². The fourth-order valence-corrected chi connectivity index (χ4v) is 4.44. The lowest BCUT2D eigenvalue weighted by Crippen LogP contribution is -1.94. The highest BCUT2D eigenvalue weighted by Gasteiger charge is 2.21. The van der Waals surface area contributed by atoms with Gasteiger partial charge in [0.2, 0.25) is 5.88 Å². The molecule has 4 nitrogen and oxygen atoms in total. The zero-order chi connectivity index (χ0) is 19.6. The van der Waals surface area contributed by atoms with Crippen LogP contribution in [0, 0.1) is 0 Å². The summed E-state index contributed by atoms with van der Waals surface area (Å²) in [4.78, 5) is 9.35. The molecule has 1 atom stereocenters.